The number of carbonyl (C=O) groups is 1. The van der Waals surface area contributed by atoms with Gasteiger partial charge in [-0.1, -0.05) is 19.6 Å². The standard InChI is InChI=1S/C13H30N2O3Si/c1-13(2,3)18-10-11(9-14)15-12(16)17-7-8-19(4,5)6/h11H,7-10,14H2,1-6H3,(H,15,16)/t11-/m1/s1. The second-order valence-electron chi connectivity index (χ2n) is 6.95. The fourth-order valence-electron chi connectivity index (χ4n) is 1.18. The average Bonchev–Trinajstić information content (AvgIpc) is 2.21. The predicted octanol–water partition coefficient (Wildman–Crippen LogP) is 2.19. The van der Waals surface area contributed by atoms with E-state index in [1.807, 2.05) is 20.8 Å². The molecule has 0 heterocycles. The maximum absolute atomic E-state index is 11.6. The van der Waals surface area contributed by atoms with Gasteiger partial charge in [-0.25, -0.2) is 4.79 Å². The van der Waals surface area contributed by atoms with Crippen molar-refractivity contribution >= 4 is 14.2 Å². The third-order valence-corrected chi connectivity index (χ3v) is 4.11. The molecule has 0 aliphatic rings. The van der Waals surface area contributed by atoms with Crippen LogP contribution in [0.25, 0.3) is 0 Å². The maximum atomic E-state index is 11.6. The lowest BCUT2D eigenvalue weighted by atomic mass is 10.2. The summed E-state index contributed by atoms with van der Waals surface area (Å²) in [5.41, 5.74) is 5.37. The van der Waals surface area contributed by atoms with Crippen LogP contribution in [0.15, 0.2) is 0 Å². The Labute approximate surface area is 118 Å². The van der Waals surface area contributed by atoms with Crippen molar-refractivity contribution in [1.29, 1.82) is 0 Å². The molecule has 0 aliphatic heterocycles. The van der Waals surface area contributed by atoms with Gasteiger partial charge in [0.15, 0.2) is 0 Å². The van der Waals surface area contributed by atoms with Crippen molar-refractivity contribution in [2.45, 2.75) is 58.1 Å². The van der Waals surface area contributed by atoms with E-state index in [1.54, 1.807) is 0 Å². The molecule has 114 valence electrons. The van der Waals surface area contributed by atoms with Gasteiger partial charge in [0.05, 0.1) is 24.9 Å². The predicted molar refractivity (Wildman–Crippen MR) is 81.2 cm³/mol. The highest BCUT2D eigenvalue weighted by Crippen LogP contribution is 2.08. The lowest BCUT2D eigenvalue weighted by Gasteiger charge is -2.24. The van der Waals surface area contributed by atoms with Crippen LogP contribution in [0.4, 0.5) is 4.79 Å². The fourth-order valence-corrected chi connectivity index (χ4v) is 1.89. The number of rotatable bonds is 7. The van der Waals surface area contributed by atoms with Crippen molar-refractivity contribution in [1.82, 2.24) is 5.32 Å². The van der Waals surface area contributed by atoms with Crippen LogP contribution in [-0.2, 0) is 9.47 Å². The number of ether oxygens (including phenoxy) is 2. The molecule has 6 heteroatoms. The SMILES string of the molecule is CC(C)(C)OC[C@@H](CN)NC(=O)OCC[Si](C)(C)C. The molecule has 0 aromatic heterocycles. The zero-order valence-corrected chi connectivity index (χ0v) is 14.2. The summed E-state index contributed by atoms with van der Waals surface area (Å²) < 4.78 is 10.8. The van der Waals surface area contributed by atoms with E-state index in [2.05, 4.69) is 25.0 Å². The fraction of sp³-hybridized carbons (Fsp3) is 0.923. The van der Waals surface area contributed by atoms with Gasteiger partial charge in [0.1, 0.15) is 0 Å². The molecule has 0 aromatic rings. The lowest BCUT2D eigenvalue weighted by Crippen LogP contribution is -2.45. The van der Waals surface area contributed by atoms with Crippen LogP contribution in [0.3, 0.4) is 0 Å². The highest BCUT2D eigenvalue weighted by molar-refractivity contribution is 6.76. The first-order valence-electron chi connectivity index (χ1n) is 6.81. The number of alkyl carbamates (subject to hydrolysis) is 1. The Kier molecular flexibility index (Phi) is 7.62. The van der Waals surface area contributed by atoms with E-state index in [0.717, 1.165) is 6.04 Å². The molecule has 0 aromatic carbocycles. The molecule has 3 N–H and O–H groups in total. The van der Waals surface area contributed by atoms with Crippen molar-refractivity contribution in [2.75, 3.05) is 19.8 Å². The third kappa shape index (κ3) is 12.2. The smallest absolute Gasteiger partial charge is 0.407 e. The molecule has 1 amide bonds. The number of hydrogen-bond acceptors (Lipinski definition) is 4. The highest BCUT2D eigenvalue weighted by atomic mass is 28.3. The Bertz CT molecular complexity index is 272. The summed E-state index contributed by atoms with van der Waals surface area (Å²) in [5.74, 6) is 0. The Morgan fingerprint density at radius 1 is 1.32 bits per heavy atom. The van der Waals surface area contributed by atoms with E-state index in [9.17, 15) is 4.79 Å². The highest BCUT2D eigenvalue weighted by Gasteiger charge is 2.18. The van der Waals surface area contributed by atoms with Crippen LogP contribution in [0.5, 0.6) is 0 Å². The first kappa shape index (κ1) is 18.4. The molecule has 0 fully saturated rings. The molecule has 0 aliphatic carbocycles. The van der Waals surface area contributed by atoms with E-state index in [-0.39, 0.29) is 11.6 Å². The van der Waals surface area contributed by atoms with Gasteiger partial charge in [0, 0.05) is 14.6 Å². The molecule has 1 atom stereocenters. The van der Waals surface area contributed by atoms with Gasteiger partial charge in [-0.2, -0.15) is 0 Å². The zero-order chi connectivity index (χ0) is 15.1. The molecular weight excluding hydrogens is 260 g/mol. The van der Waals surface area contributed by atoms with E-state index in [4.69, 9.17) is 15.2 Å². The van der Waals surface area contributed by atoms with E-state index in [1.165, 1.54) is 0 Å². The Balaban J connectivity index is 3.94. The quantitative estimate of drug-likeness (QED) is 0.705. The van der Waals surface area contributed by atoms with Crippen LogP contribution in [0.1, 0.15) is 20.8 Å². The van der Waals surface area contributed by atoms with Gasteiger partial charge in [-0.05, 0) is 26.8 Å². The lowest BCUT2D eigenvalue weighted by molar-refractivity contribution is -0.0133. The number of hydrogen-bond donors (Lipinski definition) is 2. The van der Waals surface area contributed by atoms with E-state index < -0.39 is 14.2 Å². The molecule has 0 bridgehead atoms. The Hall–Kier alpha value is -0.593. The minimum absolute atomic E-state index is 0.210. The summed E-state index contributed by atoms with van der Waals surface area (Å²) >= 11 is 0. The maximum Gasteiger partial charge on any atom is 0.407 e. The van der Waals surface area contributed by atoms with Crippen molar-refractivity contribution in [2.24, 2.45) is 5.73 Å². The van der Waals surface area contributed by atoms with Gasteiger partial charge >= 0.3 is 6.09 Å². The second kappa shape index (κ2) is 7.87. The van der Waals surface area contributed by atoms with Gasteiger partial charge in [0.2, 0.25) is 0 Å². The van der Waals surface area contributed by atoms with Gasteiger partial charge in [0.25, 0.3) is 0 Å². The van der Waals surface area contributed by atoms with Gasteiger partial charge in [-0.15, -0.1) is 0 Å². The third-order valence-electron chi connectivity index (χ3n) is 2.41. The van der Waals surface area contributed by atoms with Crippen LogP contribution in [-0.4, -0.2) is 45.6 Å². The first-order chi connectivity index (χ1) is 8.53. The van der Waals surface area contributed by atoms with Crippen LogP contribution in [0.2, 0.25) is 25.7 Å². The van der Waals surface area contributed by atoms with Gasteiger partial charge in [-0.3, -0.25) is 0 Å². The molecule has 0 rings (SSSR count). The number of carbonyl (C=O) groups excluding carboxylic acids is 1. The summed E-state index contributed by atoms with van der Waals surface area (Å²) in [4.78, 5) is 11.6. The number of amides is 1. The van der Waals surface area contributed by atoms with Crippen molar-refractivity contribution in [3.8, 4) is 0 Å². The number of nitrogens with two attached hydrogens (primary N) is 1. The molecular formula is C13H30N2O3Si. The Morgan fingerprint density at radius 2 is 1.89 bits per heavy atom. The summed E-state index contributed by atoms with van der Waals surface area (Å²) in [6.45, 7) is 13.8. The molecule has 0 radical (unpaired) electrons. The average molecular weight is 290 g/mol. The molecule has 0 spiro atoms. The zero-order valence-electron chi connectivity index (χ0n) is 13.2. The van der Waals surface area contributed by atoms with Crippen molar-refractivity contribution in [3.63, 3.8) is 0 Å². The van der Waals surface area contributed by atoms with E-state index >= 15 is 0 Å². The minimum atomic E-state index is -1.17. The van der Waals surface area contributed by atoms with Crippen molar-refractivity contribution < 1.29 is 14.3 Å². The molecule has 0 unspecified atom stereocenters. The van der Waals surface area contributed by atoms with Crippen LogP contribution >= 0.6 is 0 Å². The molecule has 0 saturated carbocycles. The monoisotopic (exact) mass is 290 g/mol. The normalized spacial score (nSPS) is 14.1. The van der Waals surface area contributed by atoms with Crippen molar-refractivity contribution in [3.05, 3.63) is 0 Å². The largest absolute Gasteiger partial charge is 0.450 e. The topological polar surface area (TPSA) is 73.6 Å². The van der Waals surface area contributed by atoms with E-state index in [0.29, 0.717) is 19.8 Å². The summed E-state index contributed by atoms with van der Waals surface area (Å²) in [6, 6.07) is 0.755. The second-order valence-corrected chi connectivity index (χ2v) is 12.6. The first-order valence-corrected chi connectivity index (χ1v) is 10.5. The van der Waals surface area contributed by atoms with Crippen LogP contribution in [0, 0.1) is 0 Å². The summed E-state index contributed by atoms with van der Waals surface area (Å²) in [7, 11) is -1.17. The summed E-state index contributed by atoms with van der Waals surface area (Å²) in [6.07, 6.45) is -0.411. The Morgan fingerprint density at radius 3 is 2.32 bits per heavy atom. The molecule has 5 nitrogen and oxygen atoms in total. The van der Waals surface area contributed by atoms with Crippen LogP contribution < -0.4 is 11.1 Å². The molecule has 0 saturated heterocycles. The minimum Gasteiger partial charge on any atom is -0.450 e. The number of nitrogens with one attached hydrogen (secondary N) is 1. The van der Waals surface area contributed by atoms with Gasteiger partial charge < -0.3 is 20.5 Å². The molecule has 19 heavy (non-hydrogen) atoms. The summed E-state index contributed by atoms with van der Waals surface area (Å²) in [5, 5.41) is 2.73.